The number of nitrogens with zero attached hydrogens (tertiary/aromatic N) is 2. The minimum absolute atomic E-state index is 0.0546. The number of likely N-dealkylation sites (N-methyl/N-ethyl adjacent to an activating group) is 1. The van der Waals surface area contributed by atoms with Gasteiger partial charge in [0.1, 0.15) is 89.1 Å². The van der Waals surface area contributed by atoms with Gasteiger partial charge in [-0.15, -0.1) is 0 Å². The number of amides is 9. The molecule has 95 heavy (non-hydrogen) atoms. The third-order valence-corrected chi connectivity index (χ3v) is 19.6. The van der Waals surface area contributed by atoms with Gasteiger partial charge in [-0.25, -0.2) is 8.78 Å². The van der Waals surface area contributed by atoms with E-state index >= 15 is 28.4 Å². The van der Waals surface area contributed by atoms with Crippen LogP contribution in [0, 0.1) is 11.6 Å². The van der Waals surface area contributed by atoms with E-state index in [0.717, 1.165) is 4.90 Å². The standard InChI is InChI=1S/C68H84F2N10O13S2/c1-40-60(82)74-41(2)61(83)75-54-34-44-13-11-14-51(32-44)93-26-10-8-9-15-57(79(5)65(87)56(76-62(54)84)35-47-37-72-53-21-18-48(69)36-52(47)53)63(85)78-59(42(3)91-6)64(86)77-55(33-43-16-19-50(92-7)20-17-43)66(88)80-25-12-23-68(80,4)67(89)71-24-27-94-38-45-29-46(31-49(70)30-45)39-95(90)28-22-58(81)73-40/h8,10-11,13-14,16-21,29-32,36-37,40-42,54-57,59,72H,9,12,15,22-28,33-35,38-39H2,1-7H3,(H,71,89)(H,73,81)(H,74,82)(H,75,83)(H,76,84)(H,77,86)(H,78,85)/b10-8+/t40-,41+,42+,54-,55-,56-,57-,59-,68-,95?/m0/s1. The number of rotatable bonds is 7. The molecule has 510 valence electrons. The third kappa shape index (κ3) is 19.6. The lowest BCUT2D eigenvalue weighted by molar-refractivity contribution is -0.147. The summed E-state index contributed by atoms with van der Waals surface area (Å²) in [4.78, 5) is 137. The first-order valence-electron chi connectivity index (χ1n) is 31.6. The van der Waals surface area contributed by atoms with Crippen molar-refractivity contribution in [1.29, 1.82) is 0 Å². The van der Waals surface area contributed by atoms with Crippen LogP contribution in [0.15, 0.2) is 103 Å². The van der Waals surface area contributed by atoms with Crippen molar-refractivity contribution in [2.75, 3.05) is 52.5 Å². The monoisotopic (exact) mass is 1350 g/mol. The van der Waals surface area contributed by atoms with E-state index in [9.17, 15) is 28.1 Å². The van der Waals surface area contributed by atoms with Crippen LogP contribution in [0.1, 0.15) is 87.6 Å². The highest BCUT2D eigenvalue weighted by molar-refractivity contribution is 7.98. The number of carbonyl (C=O) groups is 9. The topological polar surface area (TPSA) is 311 Å². The molecule has 0 aliphatic carbocycles. The van der Waals surface area contributed by atoms with Crippen molar-refractivity contribution < 1.29 is 70.7 Å². The van der Waals surface area contributed by atoms with E-state index in [0.29, 0.717) is 74.6 Å². The molecule has 23 nitrogen and oxygen atoms in total. The van der Waals surface area contributed by atoms with E-state index in [1.807, 2.05) is 0 Å². The molecule has 0 saturated carbocycles. The van der Waals surface area contributed by atoms with Gasteiger partial charge in [-0.1, -0.05) is 42.5 Å². The summed E-state index contributed by atoms with van der Waals surface area (Å²) in [5.74, 6) is -6.23. The number of aromatic amines is 1. The zero-order valence-electron chi connectivity index (χ0n) is 54.3. The van der Waals surface area contributed by atoms with Crippen LogP contribution in [0.4, 0.5) is 8.78 Å². The highest BCUT2D eigenvalue weighted by Crippen LogP contribution is 2.31. The van der Waals surface area contributed by atoms with Crippen LogP contribution in [-0.2, 0) is 89.8 Å². The summed E-state index contributed by atoms with van der Waals surface area (Å²) in [5.41, 5.74) is 1.72. The van der Waals surface area contributed by atoms with Gasteiger partial charge in [0.15, 0.2) is 0 Å². The normalized spacial score (nSPS) is 25.8. The molecule has 27 heteroatoms. The fraction of sp³-hybridized carbons (Fsp3) is 0.456. The second kappa shape index (κ2) is 33.7. The minimum Gasteiger partial charge on any atom is -0.616 e. The maximum Gasteiger partial charge on any atom is 0.246 e. The number of ether oxygens (including phenoxy) is 3. The number of carbonyl (C=O) groups excluding carboxylic acids is 9. The molecule has 4 aromatic carbocycles. The molecule has 3 aliphatic heterocycles. The summed E-state index contributed by atoms with van der Waals surface area (Å²) in [6.07, 6.45) is 4.08. The Labute approximate surface area is 558 Å². The van der Waals surface area contributed by atoms with Gasteiger partial charge < -0.3 is 70.8 Å². The van der Waals surface area contributed by atoms with Crippen molar-refractivity contribution >= 4 is 87.0 Å². The number of aromatic nitrogens is 1. The molecule has 4 heterocycles. The fourth-order valence-corrected chi connectivity index (χ4v) is 13.6. The van der Waals surface area contributed by atoms with Crippen molar-refractivity contribution in [3.05, 3.63) is 143 Å². The van der Waals surface area contributed by atoms with E-state index < -0.39 is 130 Å². The zero-order valence-corrected chi connectivity index (χ0v) is 55.9. The highest BCUT2D eigenvalue weighted by atomic mass is 32.2. The number of halogens is 2. The Hall–Kier alpha value is -8.53. The SMILES string of the molecule is COc1ccc(C[C@@H]2NC(=O)[C@H]([C@@H](C)OC)NC(=O)[C@@H]3CC/C=C/COc4cccc(c4)C[C@H](NC(=O)[C@@H](C)NC(=O)[C@H](C)NC(=O)CC[S+]([O-])Cc4cc(F)cc(c4)CSCCNC(=O)[C@]4(C)CCCN4C2=O)C(=O)N[C@@H](Cc2c[nH]c4ccc(F)cc24)C(=O)N3C)cc1. The van der Waals surface area contributed by atoms with E-state index in [1.54, 1.807) is 86.8 Å². The van der Waals surface area contributed by atoms with Gasteiger partial charge in [-0.3, -0.25) is 43.2 Å². The number of benzene rings is 4. The molecule has 8 rings (SSSR count). The largest absolute Gasteiger partial charge is 0.616 e. The lowest BCUT2D eigenvalue weighted by Gasteiger charge is -2.37. The predicted molar refractivity (Wildman–Crippen MR) is 355 cm³/mol. The molecule has 3 aliphatic rings. The number of allylic oxidation sites excluding steroid dienone is 1. The van der Waals surface area contributed by atoms with Crippen LogP contribution in [0.25, 0.3) is 10.9 Å². The summed E-state index contributed by atoms with van der Waals surface area (Å²) in [5, 5.41) is 19.7. The Morgan fingerprint density at radius 3 is 2.25 bits per heavy atom. The summed E-state index contributed by atoms with van der Waals surface area (Å²) >= 11 is -0.228. The maximum absolute atomic E-state index is 15.5. The predicted octanol–water partition coefficient (Wildman–Crippen LogP) is 4.11. The zero-order chi connectivity index (χ0) is 68.5. The van der Waals surface area contributed by atoms with Gasteiger partial charge in [-0.2, -0.15) is 11.8 Å². The van der Waals surface area contributed by atoms with Gasteiger partial charge in [0.25, 0.3) is 0 Å². The quantitative estimate of drug-likeness (QED) is 0.0841. The molecule has 6 bridgehead atoms. The van der Waals surface area contributed by atoms with Gasteiger partial charge in [0.2, 0.25) is 53.2 Å². The van der Waals surface area contributed by atoms with Crippen LogP contribution < -0.4 is 46.7 Å². The Morgan fingerprint density at radius 1 is 0.768 bits per heavy atom. The molecule has 1 saturated heterocycles. The molecule has 0 radical (unpaired) electrons. The summed E-state index contributed by atoms with van der Waals surface area (Å²) in [7, 11) is 4.20. The van der Waals surface area contributed by atoms with Crippen LogP contribution in [0.5, 0.6) is 11.5 Å². The molecule has 8 N–H and O–H groups in total. The van der Waals surface area contributed by atoms with Crippen LogP contribution in [0.2, 0.25) is 0 Å². The Balaban J connectivity index is 1.15. The van der Waals surface area contributed by atoms with E-state index in [4.69, 9.17) is 14.2 Å². The van der Waals surface area contributed by atoms with Gasteiger partial charge in [-0.05, 0) is 141 Å². The molecule has 1 aromatic heterocycles. The summed E-state index contributed by atoms with van der Waals surface area (Å²) < 4.78 is 60.5. The van der Waals surface area contributed by atoms with Crippen LogP contribution >= 0.6 is 11.8 Å². The number of hydrogen-bond acceptors (Lipinski definition) is 14. The van der Waals surface area contributed by atoms with E-state index in [2.05, 4.69) is 42.2 Å². The number of hydrogen-bond donors (Lipinski definition) is 8. The lowest BCUT2D eigenvalue weighted by Crippen LogP contribution is -2.63. The number of methoxy groups -OCH3 is 2. The lowest BCUT2D eigenvalue weighted by atomic mass is 9.95. The second-order valence-electron chi connectivity index (χ2n) is 24.2. The Kier molecular flexibility index (Phi) is 25.7. The maximum atomic E-state index is 15.5. The molecule has 10 atom stereocenters. The van der Waals surface area contributed by atoms with Crippen molar-refractivity contribution in [2.24, 2.45) is 0 Å². The van der Waals surface area contributed by atoms with Gasteiger partial charge in [0, 0.05) is 80.7 Å². The molecule has 1 fully saturated rings. The smallest absolute Gasteiger partial charge is 0.246 e. The Morgan fingerprint density at radius 2 is 1.49 bits per heavy atom. The number of thioether (sulfide) groups is 1. The molecule has 1 unspecified atom stereocenters. The first kappa shape index (κ1) is 72.3. The summed E-state index contributed by atoms with van der Waals surface area (Å²) in [6, 6.07) is 12.3. The van der Waals surface area contributed by atoms with Crippen molar-refractivity contribution in [3.8, 4) is 11.5 Å². The van der Waals surface area contributed by atoms with Crippen LogP contribution in [-0.4, -0.2) is 179 Å². The number of fused-ring (bicyclic) bond motifs is 12. The highest BCUT2D eigenvalue weighted by Gasteiger charge is 2.48. The first-order chi connectivity index (χ1) is 45.4. The second-order valence-corrected chi connectivity index (χ2v) is 26.9. The van der Waals surface area contributed by atoms with Crippen molar-refractivity contribution in [1.82, 2.24) is 52.0 Å². The van der Waals surface area contributed by atoms with Gasteiger partial charge in [0.05, 0.1) is 19.6 Å². The molecular formula is C68H84F2N10O13S2. The van der Waals surface area contributed by atoms with Crippen molar-refractivity contribution in [3.63, 3.8) is 0 Å². The van der Waals surface area contributed by atoms with E-state index in [1.165, 1.54) is 82.1 Å². The number of nitrogens with one attached hydrogen (secondary N) is 8. The average Bonchev–Trinajstić information content (AvgIpc) is 1.70. The summed E-state index contributed by atoms with van der Waals surface area (Å²) in [6.45, 7) is 6.36. The van der Waals surface area contributed by atoms with Crippen molar-refractivity contribution in [2.45, 2.75) is 145 Å². The third-order valence-electron chi connectivity index (χ3n) is 17.2. The number of H-pyrrole nitrogens is 1. The average molecular weight is 1350 g/mol. The van der Waals surface area contributed by atoms with Gasteiger partial charge >= 0.3 is 0 Å². The Bertz CT molecular complexity index is 3620. The van der Waals surface area contributed by atoms with E-state index in [-0.39, 0.29) is 69.7 Å². The molecule has 9 amide bonds. The first-order valence-corrected chi connectivity index (χ1v) is 34.2. The molecule has 0 spiro atoms. The molecular weight excluding hydrogens is 1270 g/mol. The van der Waals surface area contributed by atoms with Crippen LogP contribution in [0.3, 0.4) is 0 Å². The minimum atomic E-state index is -1.64. The molecule has 5 aromatic rings. The fourth-order valence-electron chi connectivity index (χ4n) is 11.7.